The number of nitrogens with zero attached hydrogens (tertiary/aromatic N) is 3. The van der Waals surface area contributed by atoms with Crippen molar-refractivity contribution in [1.29, 1.82) is 5.26 Å². The Bertz CT molecular complexity index is 553. The van der Waals surface area contributed by atoms with E-state index in [-0.39, 0.29) is 6.04 Å². The highest BCUT2D eigenvalue weighted by Crippen LogP contribution is 2.20. The number of anilines is 2. The molecule has 1 aromatic carbocycles. The summed E-state index contributed by atoms with van der Waals surface area (Å²) in [6, 6.07) is 9.39. The molecule has 3 N–H and O–H groups in total. The highest BCUT2D eigenvalue weighted by molar-refractivity contribution is 5.68. The van der Waals surface area contributed by atoms with Crippen LogP contribution in [0, 0.1) is 11.3 Å². The van der Waals surface area contributed by atoms with Gasteiger partial charge >= 0.3 is 0 Å². The highest BCUT2D eigenvalue weighted by Gasteiger charge is 2.06. The maximum atomic E-state index is 8.77. The molecule has 0 aliphatic heterocycles. The SMILES string of the molecule is CC(Cn1cccn1)Nc1ccc(C#N)cc1N. The summed E-state index contributed by atoms with van der Waals surface area (Å²) >= 11 is 0. The standard InChI is InChI=1S/C13H15N5/c1-10(9-18-6-2-5-16-18)17-13-4-3-11(8-14)7-12(13)15/h2-7,10,17H,9,15H2,1H3. The van der Waals surface area contributed by atoms with Gasteiger partial charge in [-0.1, -0.05) is 0 Å². The molecule has 1 atom stereocenters. The lowest BCUT2D eigenvalue weighted by molar-refractivity contribution is 0.561. The van der Waals surface area contributed by atoms with Crippen LogP contribution in [-0.4, -0.2) is 15.8 Å². The summed E-state index contributed by atoms with van der Waals surface area (Å²) in [5, 5.41) is 16.2. The Kier molecular flexibility index (Phi) is 3.49. The molecule has 0 saturated carbocycles. The smallest absolute Gasteiger partial charge is 0.0992 e. The first-order valence-electron chi connectivity index (χ1n) is 5.72. The zero-order chi connectivity index (χ0) is 13.0. The van der Waals surface area contributed by atoms with Crippen LogP contribution in [0.4, 0.5) is 11.4 Å². The maximum absolute atomic E-state index is 8.77. The number of nitriles is 1. The highest BCUT2D eigenvalue weighted by atomic mass is 15.3. The van der Waals surface area contributed by atoms with Crippen LogP contribution in [-0.2, 0) is 6.54 Å². The normalized spacial score (nSPS) is 11.8. The van der Waals surface area contributed by atoms with E-state index in [0.29, 0.717) is 11.3 Å². The largest absolute Gasteiger partial charge is 0.397 e. The molecule has 0 aliphatic rings. The number of nitrogens with one attached hydrogen (secondary N) is 1. The summed E-state index contributed by atoms with van der Waals surface area (Å²) in [6.45, 7) is 2.81. The van der Waals surface area contributed by atoms with Gasteiger partial charge in [-0.3, -0.25) is 4.68 Å². The molecule has 92 valence electrons. The Morgan fingerprint density at radius 3 is 3.00 bits per heavy atom. The van der Waals surface area contributed by atoms with Gasteiger partial charge < -0.3 is 11.1 Å². The van der Waals surface area contributed by atoms with Crippen LogP contribution in [0.25, 0.3) is 0 Å². The van der Waals surface area contributed by atoms with E-state index in [4.69, 9.17) is 11.0 Å². The van der Waals surface area contributed by atoms with Crippen molar-refractivity contribution in [1.82, 2.24) is 9.78 Å². The van der Waals surface area contributed by atoms with Crippen LogP contribution >= 0.6 is 0 Å². The predicted molar refractivity (Wildman–Crippen MR) is 70.9 cm³/mol. The molecule has 0 bridgehead atoms. The van der Waals surface area contributed by atoms with Gasteiger partial charge in [0.15, 0.2) is 0 Å². The number of benzene rings is 1. The molecule has 1 unspecified atom stereocenters. The molecule has 0 spiro atoms. The number of rotatable bonds is 4. The predicted octanol–water partition coefficient (Wildman–Crippen LogP) is 1.84. The quantitative estimate of drug-likeness (QED) is 0.800. The Morgan fingerprint density at radius 2 is 2.39 bits per heavy atom. The van der Waals surface area contributed by atoms with E-state index in [9.17, 15) is 0 Å². The molecule has 5 heteroatoms. The topological polar surface area (TPSA) is 79.7 Å². The molecule has 2 aromatic rings. The number of nitrogen functional groups attached to an aromatic ring is 1. The summed E-state index contributed by atoms with van der Waals surface area (Å²) in [4.78, 5) is 0. The number of aromatic nitrogens is 2. The minimum atomic E-state index is 0.195. The first-order valence-corrected chi connectivity index (χ1v) is 5.72. The summed E-state index contributed by atoms with van der Waals surface area (Å²) < 4.78 is 1.86. The van der Waals surface area contributed by atoms with E-state index in [1.807, 2.05) is 23.0 Å². The van der Waals surface area contributed by atoms with Crippen LogP contribution in [0.2, 0.25) is 0 Å². The zero-order valence-electron chi connectivity index (χ0n) is 10.2. The molecular weight excluding hydrogens is 226 g/mol. The fraction of sp³-hybridized carbons (Fsp3) is 0.231. The van der Waals surface area contributed by atoms with Crippen LogP contribution in [0.15, 0.2) is 36.7 Å². The first kappa shape index (κ1) is 12.0. The van der Waals surface area contributed by atoms with E-state index < -0.39 is 0 Å². The Labute approximate surface area is 106 Å². The Hall–Kier alpha value is -2.48. The molecule has 0 saturated heterocycles. The van der Waals surface area contributed by atoms with Gasteiger partial charge in [-0.25, -0.2) is 0 Å². The minimum absolute atomic E-state index is 0.195. The second-order valence-electron chi connectivity index (χ2n) is 4.19. The van der Waals surface area contributed by atoms with Gasteiger partial charge in [0.25, 0.3) is 0 Å². The van der Waals surface area contributed by atoms with E-state index >= 15 is 0 Å². The van der Waals surface area contributed by atoms with Crippen molar-refractivity contribution in [2.45, 2.75) is 19.5 Å². The third-order valence-corrected chi connectivity index (χ3v) is 2.60. The molecule has 0 amide bonds. The lowest BCUT2D eigenvalue weighted by Gasteiger charge is -2.16. The van der Waals surface area contributed by atoms with Gasteiger partial charge in [-0.2, -0.15) is 10.4 Å². The molecule has 0 radical (unpaired) electrons. The lowest BCUT2D eigenvalue weighted by Crippen LogP contribution is -2.22. The van der Waals surface area contributed by atoms with Gasteiger partial charge in [0, 0.05) is 18.4 Å². The Balaban J connectivity index is 2.03. The third-order valence-electron chi connectivity index (χ3n) is 2.60. The minimum Gasteiger partial charge on any atom is -0.397 e. The molecule has 1 heterocycles. The van der Waals surface area contributed by atoms with Gasteiger partial charge in [0.05, 0.1) is 29.6 Å². The van der Waals surface area contributed by atoms with Crippen molar-refractivity contribution in [3.8, 4) is 6.07 Å². The summed E-state index contributed by atoms with van der Waals surface area (Å²) in [7, 11) is 0. The van der Waals surface area contributed by atoms with Crippen molar-refractivity contribution in [3.63, 3.8) is 0 Å². The Morgan fingerprint density at radius 1 is 1.56 bits per heavy atom. The van der Waals surface area contributed by atoms with Crippen molar-refractivity contribution in [2.24, 2.45) is 0 Å². The van der Waals surface area contributed by atoms with Crippen molar-refractivity contribution in [3.05, 3.63) is 42.2 Å². The summed E-state index contributed by atoms with van der Waals surface area (Å²) in [6.07, 6.45) is 3.67. The maximum Gasteiger partial charge on any atom is 0.0992 e. The average Bonchev–Trinajstić information content (AvgIpc) is 2.84. The van der Waals surface area contributed by atoms with E-state index in [2.05, 4.69) is 23.4 Å². The van der Waals surface area contributed by atoms with Crippen LogP contribution in [0.3, 0.4) is 0 Å². The summed E-state index contributed by atoms with van der Waals surface area (Å²) in [5.74, 6) is 0. The van der Waals surface area contributed by atoms with Crippen LogP contribution in [0.1, 0.15) is 12.5 Å². The van der Waals surface area contributed by atoms with Crippen LogP contribution in [0.5, 0.6) is 0 Å². The third kappa shape index (κ3) is 2.80. The van der Waals surface area contributed by atoms with E-state index in [1.165, 1.54) is 0 Å². The average molecular weight is 241 g/mol. The van der Waals surface area contributed by atoms with E-state index in [1.54, 1.807) is 18.3 Å². The molecule has 0 aliphatic carbocycles. The summed E-state index contributed by atoms with van der Waals surface area (Å²) in [5.41, 5.74) is 7.88. The van der Waals surface area contributed by atoms with Gasteiger partial charge in [-0.05, 0) is 31.2 Å². The van der Waals surface area contributed by atoms with Gasteiger partial charge in [0.1, 0.15) is 0 Å². The number of hydrogen-bond acceptors (Lipinski definition) is 4. The van der Waals surface area contributed by atoms with Gasteiger partial charge in [-0.15, -0.1) is 0 Å². The van der Waals surface area contributed by atoms with Crippen molar-refractivity contribution in [2.75, 3.05) is 11.1 Å². The second kappa shape index (κ2) is 5.23. The molecule has 18 heavy (non-hydrogen) atoms. The monoisotopic (exact) mass is 241 g/mol. The number of hydrogen-bond donors (Lipinski definition) is 2. The van der Waals surface area contributed by atoms with Crippen LogP contribution < -0.4 is 11.1 Å². The first-order chi connectivity index (χ1) is 8.69. The molecule has 5 nitrogen and oxygen atoms in total. The van der Waals surface area contributed by atoms with Gasteiger partial charge in [0.2, 0.25) is 0 Å². The zero-order valence-corrected chi connectivity index (χ0v) is 10.2. The second-order valence-corrected chi connectivity index (χ2v) is 4.19. The molecule has 1 aromatic heterocycles. The molecule has 0 fully saturated rings. The van der Waals surface area contributed by atoms with E-state index in [0.717, 1.165) is 12.2 Å². The fourth-order valence-corrected chi connectivity index (χ4v) is 1.76. The van der Waals surface area contributed by atoms with Crippen molar-refractivity contribution < 1.29 is 0 Å². The number of nitrogens with two attached hydrogens (primary N) is 1. The lowest BCUT2D eigenvalue weighted by atomic mass is 10.1. The van der Waals surface area contributed by atoms with Crippen molar-refractivity contribution >= 4 is 11.4 Å². The molecular formula is C13H15N5. The fourth-order valence-electron chi connectivity index (χ4n) is 1.76. The molecule has 2 rings (SSSR count).